The topological polar surface area (TPSA) is 54.2 Å². The van der Waals surface area contributed by atoms with Gasteiger partial charge in [-0.1, -0.05) is 18.2 Å². The minimum Gasteiger partial charge on any atom is -0.321 e. The van der Waals surface area contributed by atoms with Crippen LogP contribution in [0.3, 0.4) is 0 Å². The molecule has 0 atom stereocenters. The third-order valence-corrected chi connectivity index (χ3v) is 1.45. The lowest BCUT2D eigenvalue weighted by Crippen LogP contribution is -2.17. The van der Waals surface area contributed by atoms with Gasteiger partial charge in [0.05, 0.1) is 0 Å². The highest BCUT2D eigenvalue weighted by molar-refractivity contribution is 5.93. The maximum atomic E-state index is 11.0. The average Bonchev–Trinajstić information content (AvgIpc) is 2.88. The number of nitrogens with one attached hydrogen (secondary N) is 1. The number of rotatable bonds is 2. The number of carbonyl (C=O) groups is 1. The molecule has 4 nitrogen and oxygen atoms in total. The van der Waals surface area contributed by atoms with Crippen LogP contribution in [0.1, 0.15) is 0 Å². The van der Waals surface area contributed by atoms with Crippen LogP contribution in [0.2, 0.25) is 0 Å². The molecule has 1 heterocycles. The molecule has 1 aromatic carbocycles. The molecule has 0 radical (unpaired) electrons. The van der Waals surface area contributed by atoms with Crippen LogP contribution in [0.5, 0.6) is 0 Å². The van der Waals surface area contributed by atoms with Crippen LogP contribution in [0.4, 0.5) is 5.69 Å². The van der Waals surface area contributed by atoms with E-state index in [4.69, 9.17) is 0 Å². The Morgan fingerprint density at radius 2 is 1.92 bits per heavy atom. The molecule has 1 saturated heterocycles. The first-order valence-corrected chi connectivity index (χ1v) is 3.54. The van der Waals surface area contributed by atoms with Crippen LogP contribution < -0.4 is 5.32 Å². The Bertz CT molecular complexity index is 282. The molecule has 1 aromatic rings. The number of carbonyl (C=O) groups excluding carboxylic acids is 1. The summed E-state index contributed by atoms with van der Waals surface area (Å²) in [5, 5.41) is 2.61. The molecule has 0 aromatic heterocycles. The highest BCUT2D eigenvalue weighted by Gasteiger charge is 2.34. The van der Waals surface area contributed by atoms with Crippen molar-refractivity contribution in [1.29, 1.82) is 0 Å². The Kier molecular flexibility index (Phi) is 1.77. The van der Waals surface area contributed by atoms with Crippen LogP contribution in [-0.2, 0) is 14.6 Å². The smallest absolute Gasteiger partial charge is 0.301 e. The van der Waals surface area contributed by atoms with E-state index in [9.17, 15) is 4.79 Å². The van der Waals surface area contributed by atoms with Crippen molar-refractivity contribution in [2.45, 2.75) is 6.29 Å². The van der Waals surface area contributed by atoms with Crippen LogP contribution >= 0.6 is 0 Å². The predicted molar refractivity (Wildman–Crippen MR) is 41.0 cm³/mol. The largest absolute Gasteiger partial charge is 0.321 e. The molecular weight excluding hydrogens is 158 g/mol. The normalized spacial score (nSPS) is 15.7. The Balaban J connectivity index is 1.98. The number of para-hydroxylation sites is 1. The summed E-state index contributed by atoms with van der Waals surface area (Å²) in [5.41, 5.74) is 0.738. The molecule has 1 N–H and O–H groups in total. The second-order valence-corrected chi connectivity index (χ2v) is 2.38. The maximum Gasteiger partial charge on any atom is 0.301 e. The zero-order chi connectivity index (χ0) is 8.39. The van der Waals surface area contributed by atoms with Crippen molar-refractivity contribution in [2.75, 3.05) is 5.32 Å². The van der Waals surface area contributed by atoms with Gasteiger partial charge in [0, 0.05) is 5.69 Å². The standard InChI is InChI=1S/C8H7NO3/c10-7(8-11-12-8)9-6-4-2-1-3-5-6/h1-5,8H,(H,9,10). The molecule has 1 aliphatic heterocycles. The molecule has 0 spiro atoms. The van der Waals surface area contributed by atoms with E-state index in [0.29, 0.717) is 0 Å². The van der Waals surface area contributed by atoms with Gasteiger partial charge < -0.3 is 5.32 Å². The molecule has 0 unspecified atom stereocenters. The van der Waals surface area contributed by atoms with Crippen molar-refractivity contribution in [3.05, 3.63) is 30.3 Å². The van der Waals surface area contributed by atoms with Crippen molar-refractivity contribution in [2.24, 2.45) is 0 Å². The van der Waals surface area contributed by atoms with Crippen molar-refractivity contribution in [3.8, 4) is 0 Å². The molecule has 1 amide bonds. The summed E-state index contributed by atoms with van der Waals surface area (Å²) in [6.45, 7) is 0. The van der Waals surface area contributed by atoms with E-state index in [0.717, 1.165) is 5.69 Å². The molecule has 0 aliphatic carbocycles. The molecule has 0 saturated carbocycles. The molecule has 1 fully saturated rings. The SMILES string of the molecule is O=C(Nc1ccccc1)C1OO1. The van der Waals surface area contributed by atoms with Crippen LogP contribution in [-0.4, -0.2) is 12.2 Å². The van der Waals surface area contributed by atoms with Gasteiger partial charge in [-0.25, -0.2) is 0 Å². The summed E-state index contributed by atoms with van der Waals surface area (Å²) in [7, 11) is 0. The van der Waals surface area contributed by atoms with Gasteiger partial charge in [0.2, 0.25) is 0 Å². The van der Waals surface area contributed by atoms with Crippen molar-refractivity contribution < 1.29 is 14.6 Å². The molecule has 12 heavy (non-hydrogen) atoms. The minimum absolute atomic E-state index is 0.277. The lowest BCUT2D eigenvalue weighted by molar-refractivity contribution is -0.117. The predicted octanol–water partition coefficient (Wildman–Crippen LogP) is 0.913. The van der Waals surface area contributed by atoms with Crippen molar-refractivity contribution in [1.82, 2.24) is 0 Å². The Morgan fingerprint density at radius 1 is 1.25 bits per heavy atom. The van der Waals surface area contributed by atoms with Gasteiger partial charge in [-0.05, 0) is 12.1 Å². The molecule has 62 valence electrons. The second-order valence-electron chi connectivity index (χ2n) is 2.38. The minimum atomic E-state index is -0.717. The van der Waals surface area contributed by atoms with E-state index in [-0.39, 0.29) is 5.91 Å². The molecule has 2 rings (SSSR count). The summed E-state index contributed by atoms with van der Waals surface area (Å²) < 4.78 is 0. The van der Waals surface area contributed by atoms with E-state index in [1.807, 2.05) is 18.2 Å². The van der Waals surface area contributed by atoms with Gasteiger partial charge in [-0.2, -0.15) is 9.78 Å². The van der Waals surface area contributed by atoms with E-state index in [1.165, 1.54) is 0 Å². The van der Waals surface area contributed by atoms with Crippen LogP contribution in [0, 0.1) is 0 Å². The second kappa shape index (κ2) is 2.92. The third kappa shape index (κ3) is 1.61. The summed E-state index contributed by atoms with van der Waals surface area (Å²) in [4.78, 5) is 19.7. The number of hydrogen-bond donors (Lipinski definition) is 1. The van der Waals surface area contributed by atoms with Gasteiger partial charge >= 0.3 is 6.29 Å². The van der Waals surface area contributed by atoms with Gasteiger partial charge in [0.15, 0.2) is 0 Å². The van der Waals surface area contributed by atoms with E-state index in [1.54, 1.807) is 12.1 Å². The first-order valence-electron chi connectivity index (χ1n) is 3.54. The van der Waals surface area contributed by atoms with Gasteiger partial charge in [-0.15, -0.1) is 0 Å². The maximum absolute atomic E-state index is 11.0. The summed E-state index contributed by atoms with van der Waals surface area (Å²) in [6, 6.07) is 9.13. The molecular formula is C8H7NO3. The monoisotopic (exact) mass is 165 g/mol. The molecule has 1 aliphatic rings. The summed E-state index contributed by atoms with van der Waals surface area (Å²) in [5.74, 6) is -0.277. The molecule has 4 heteroatoms. The fourth-order valence-electron chi connectivity index (χ4n) is 0.838. The molecule has 0 bridgehead atoms. The van der Waals surface area contributed by atoms with Crippen molar-refractivity contribution >= 4 is 11.6 Å². The average molecular weight is 165 g/mol. The van der Waals surface area contributed by atoms with Crippen molar-refractivity contribution in [3.63, 3.8) is 0 Å². The quantitative estimate of drug-likeness (QED) is 0.523. The first kappa shape index (κ1) is 7.27. The Hall–Kier alpha value is -1.39. The summed E-state index contributed by atoms with van der Waals surface area (Å²) in [6.07, 6.45) is -0.717. The number of anilines is 1. The summed E-state index contributed by atoms with van der Waals surface area (Å²) >= 11 is 0. The first-order chi connectivity index (χ1) is 5.86. The number of benzene rings is 1. The van der Waals surface area contributed by atoms with E-state index < -0.39 is 6.29 Å². The third-order valence-electron chi connectivity index (χ3n) is 1.45. The van der Waals surface area contributed by atoms with Crippen LogP contribution in [0.25, 0.3) is 0 Å². The lowest BCUT2D eigenvalue weighted by Gasteiger charge is -1.99. The van der Waals surface area contributed by atoms with E-state index >= 15 is 0 Å². The Morgan fingerprint density at radius 3 is 2.50 bits per heavy atom. The number of amides is 1. The number of hydrogen-bond acceptors (Lipinski definition) is 3. The lowest BCUT2D eigenvalue weighted by atomic mass is 10.3. The Labute approximate surface area is 69.0 Å². The van der Waals surface area contributed by atoms with Gasteiger partial charge in [-0.3, -0.25) is 4.79 Å². The fraction of sp³-hybridized carbons (Fsp3) is 0.125. The van der Waals surface area contributed by atoms with Gasteiger partial charge in [0.1, 0.15) is 0 Å². The van der Waals surface area contributed by atoms with E-state index in [2.05, 4.69) is 15.1 Å². The zero-order valence-corrected chi connectivity index (χ0v) is 6.19. The van der Waals surface area contributed by atoms with Gasteiger partial charge in [0.25, 0.3) is 5.91 Å². The zero-order valence-electron chi connectivity index (χ0n) is 6.19. The highest BCUT2D eigenvalue weighted by Crippen LogP contribution is 2.14. The fourth-order valence-corrected chi connectivity index (χ4v) is 0.838. The highest BCUT2D eigenvalue weighted by atomic mass is 17.4. The van der Waals surface area contributed by atoms with Crippen LogP contribution in [0.15, 0.2) is 30.3 Å².